The summed E-state index contributed by atoms with van der Waals surface area (Å²) in [5.74, 6) is 0.512. The summed E-state index contributed by atoms with van der Waals surface area (Å²) in [6.45, 7) is 1.27. The molecule has 0 aliphatic carbocycles. The number of carbonyl (C=O) groups is 1. The van der Waals surface area contributed by atoms with Gasteiger partial charge in [0, 0.05) is 29.9 Å². The second-order valence-corrected chi connectivity index (χ2v) is 6.54. The van der Waals surface area contributed by atoms with E-state index in [0.29, 0.717) is 29.6 Å². The molecule has 1 aliphatic heterocycles. The van der Waals surface area contributed by atoms with Crippen LogP contribution in [0.3, 0.4) is 0 Å². The minimum absolute atomic E-state index is 0.105. The third-order valence-corrected chi connectivity index (χ3v) is 4.66. The van der Waals surface area contributed by atoms with Crippen LogP contribution in [0.1, 0.15) is 21.6 Å². The largest absolute Gasteiger partial charge is 0.366 e. The first-order valence-corrected chi connectivity index (χ1v) is 8.78. The summed E-state index contributed by atoms with van der Waals surface area (Å²) >= 11 is 5.90. The van der Waals surface area contributed by atoms with Crippen molar-refractivity contribution >= 4 is 29.0 Å². The lowest BCUT2D eigenvalue weighted by Crippen LogP contribution is -2.29. The number of fused-ring (bicyclic) bond motifs is 1. The maximum Gasteiger partial charge on any atom is 0.277 e. The van der Waals surface area contributed by atoms with Gasteiger partial charge in [-0.05, 0) is 35.7 Å². The topological polar surface area (TPSA) is 58.1 Å². The summed E-state index contributed by atoms with van der Waals surface area (Å²) in [6, 6.07) is 17.3. The van der Waals surface area contributed by atoms with E-state index in [1.165, 1.54) is 11.9 Å². The number of anilines is 2. The molecule has 0 bridgehead atoms. The average molecular weight is 365 g/mol. The first-order chi connectivity index (χ1) is 12.7. The van der Waals surface area contributed by atoms with Crippen LogP contribution >= 0.6 is 11.6 Å². The summed E-state index contributed by atoms with van der Waals surface area (Å²) < 4.78 is 0. The zero-order chi connectivity index (χ0) is 17.9. The van der Waals surface area contributed by atoms with E-state index in [4.69, 9.17) is 11.6 Å². The van der Waals surface area contributed by atoms with Crippen molar-refractivity contribution in [2.24, 2.45) is 0 Å². The number of aromatic nitrogens is 2. The molecule has 0 spiro atoms. The molecule has 0 saturated heterocycles. The average Bonchev–Trinajstić information content (AvgIpc) is 3.11. The van der Waals surface area contributed by atoms with Crippen molar-refractivity contribution in [1.29, 1.82) is 0 Å². The number of hydrogen-bond donors (Lipinski definition) is 1. The number of rotatable bonds is 4. The van der Waals surface area contributed by atoms with Crippen LogP contribution in [-0.4, -0.2) is 22.4 Å². The smallest absolute Gasteiger partial charge is 0.277 e. The molecule has 4 rings (SSSR count). The normalized spacial score (nSPS) is 12.7. The van der Waals surface area contributed by atoms with Crippen molar-refractivity contribution in [2.45, 2.75) is 13.0 Å². The fourth-order valence-corrected chi connectivity index (χ4v) is 3.18. The molecule has 0 radical (unpaired) electrons. The van der Waals surface area contributed by atoms with Gasteiger partial charge in [0.1, 0.15) is 17.8 Å². The van der Waals surface area contributed by atoms with Gasteiger partial charge in [-0.25, -0.2) is 9.97 Å². The van der Waals surface area contributed by atoms with E-state index in [1.807, 2.05) is 42.5 Å². The predicted molar refractivity (Wildman–Crippen MR) is 103 cm³/mol. The number of halogens is 1. The number of hydrogen-bond acceptors (Lipinski definition) is 4. The van der Waals surface area contributed by atoms with E-state index < -0.39 is 0 Å². The van der Waals surface area contributed by atoms with E-state index in [2.05, 4.69) is 21.4 Å². The number of para-hydroxylation sites is 1. The Bertz CT molecular complexity index is 943. The highest BCUT2D eigenvalue weighted by Gasteiger charge is 2.26. The molecule has 0 saturated carbocycles. The Morgan fingerprint density at radius 1 is 1.12 bits per heavy atom. The molecular weight excluding hydrogens is 348 g/mol. The molecule has 0 unspecified atom stereocenters. The molecule has 1 aromatic heterocycles. The van der Waals surface area contributed by atoms with Crippen LogP contribution in [0.15, 0.2) is 60.9 Å². The predicted octanol–water partition coefficient (Wildman–Crippen LogP) is 3.95. The van der Waals surface area contributed by atoms with Crippen molar-refractivity contribution < 1.29 is 4.79 Å². The fraction of sp³-hybridized carbons (Fsp3) is 0.150. The molecule has 26 heavy (non-hydrogen) atoms. The number of nitrogens with zero attached hydrogens (tertiary/aromatic N) is 3. The van der Waals surface area contributed by atoms with Crippen molar-refractivity contribution in [1.82, 2.24) is 9.97 Å². The Kier molecular flexibility index (Phi) is 4.54. The van der Waals surface area contributed by atoms with E-state index in [-0.39, 0.29) is 5.91 Å². The van der Waals surface area contributed by atoms with E-state index in [9.17, 15) is 4.79 Å². The van der Waals surface area contributed by atoms with E-state index in [0.717, 1.165) is 17.7 Å². The van der Waals surface area contributed by atoms with E-state index in [1.54, 1.807) is 11.0 Å². The molecule has 1 N–H and O–H groups in total. The summed E-state index contributed by atoms with van der Waals surface area (Å²) in [7, 11) is 0. The molecule has 0 atom stereocenters. The SMILES string of the molecule is O=C(c1cc(NCc2ccc(Cl)cc2)ncn1)N1CCc2ccccc21. The molecule has 1 aliphatic rings. The molecule has 6 heteroatoms. The maximum atomic E-state index is 12.9. The van der Waals surface area contributed by atoms with Crippen LogP contribution in [-0.2, 0) is 13.0 Å². The van der Waals surface area contributed by atoms with Crippen LogP contribution in [0.25, 0.3) is 0 Å². The van der Waals surface area contributed by atoms with Crippen LogP contribution in [0, 0.1) is 0 Å². The van der Waals surface area contributed by atoms with Crippen LogP contribution in [0.4, 0.5) is 11.5 Å². The van der Waals surface area contributed by atoms with Crippen molar-refractivity contribution in [3.05, 3.63) is 82.8 Å². The zero-order valence-electron chi connectivity index (χ0n) is 14.0. The zero-order valence-corrected chi connectivity index (χ0v) is 14.8. The Morgan fingerprint density at radius 2 is 1.92 bits per heavy atom. The highest BCUT2D eigenvalue weighted by Crippen LogP contribution is 2.28. The molecule has 1 amide bonds. The van der Waals surface area contributed by atoms with Crippen molar-refractivity contribution in [3.8, 4) is 0 Å². The van der Waals surface area contributed by atoms with Gasteiger partial charge in [-0.1, -0.05) is 41.9 Å². The van der Waals surface area contributed by atoms with Gasteiger partial charge >= 0.3 is 0 Å². The molecule has 2 aromatic carbocycles. The van der Waals surface area contributed by atoms with Gasteiger partial charge in [-0.3, -0.25) is 4.79 Å². The summed E-state index contributed by atoms with van der Waals surface area (Å²) in [5.41, 5.74) is 3.62. The van der Waals surface area contributed by atoms with Gasteiger partial charge in [0.25, 0.3) is 5.91 Å². The number of amides is 1. The first-order valence-electron chi connectivity index (χ1n) is 8.41. The minimum atomic E-state index is -0.105. The number of nitrogens with one attached hydrogen (secondary N) is 1. The molecule has 3 aromatic rings. The molecule has 130 valence electrons. The molecule has 5 nitrogen and oxygen atoms in total. The van der Waals surface area contributed by atoms with Crippen LogP contribution in [0.5, 0.6) is 0 Å². The minimum Gasteiger partial charge on any atom is -0.366 e. The summed E-state index contributed by atoms with van der Waals surface area (Å²) in [4.78, 5) is 23.0. The molecule has 0 fully saturated rings. The second kappa shape index (κ2) is 7.14. The first kappa shape index (κ1) is 16.5. The standard InChI is InChI=1S/C20H17ClN4O/c21-16-7-5-14(6-8-16)12-22-19-11-17(23-13-24-19)20(26)25-10-9-15-3-1-2-4-18(15)25/h1-8,11,13H,9-10,12H2,(H,22,23,24). The summed E-state index contributed by atoms with van der Waals surface area (Å²) in [6.07, 6.45) is 2.29. The third-order valence-electron chi connectivity index (χ3n) is 4.41. The van der Waals surface area contributed by atoms with E-state index >= 15 is 0 Å². The number of carbonyl (C=O) groups excluding carboxylic acids is 1. The molecule has 2 heterocycles. The Balaban J connectivity index is 1.49. The van der Waals surface area contributed by atoms with Crippen molar-refractivity contribution in [2.75, 3.05) is 16.8 Å². The lowest BCUT2D eigenvalue weighted by Gasteiger charge is -2.17. The van der Waals surface area contributed by atoms with Gasteiger partial charge < -0.3 is 10.2 Å². The Labute approximate surface area is 156 Å². The second-order valence-electron chi connectivity index (χ2n) is 6.10. The quantitative estimate of drug-likeness (QED) is 0.761. The Morgan fingerprint density at radius 3 is 2.77 bits per heavy atom. The highest BCUT2D eigenvalue weighted by atomic mass is 35.5. The van der Waals surface area contributed by atoms with Gasteiger partial charge in [-0.2, -0.15) is 0 Å². The summed E-state index contributed by atoms with van der Waals surface area (Å²) in [5, 5.41) is 3.92. The lowest BCUT2D eigenvalue weighted by molar-refractivity contribution is 0.0984. The van der Waals surface area contributed by atoms with Crippen LogP contribution in [0.2, 0.25) is 5.02 Å². The highest BCUT2D eigenvalue weighted by molar-refractivity contribution is 6.30. The van der Waals surface area contributed by atoms with Crippen molar-refractivity contribution in [3.63, 3.8) is 0 Å². The number of benzene rings is 2. The Hall–Kier alpha value is -2.92. The fourth-order valence-electron chi connectivity index (χ4n) is 3.05. The lowest BCUT2D eigenvalue weighted by atomic mass is 10.2. The van der Waals surface area contributed by atoms with Gasteiger partial charge in [0.15, 0.2) is 0 Å². The van der Waals surface area contributed by atoms with Gasteiger partial charge in [-0.15, -0.1) is 0 Å². The maximum absolute atomic E-state index is 12.9. The van der Waals surface area contributed by atoms with Crippen LogP contribution < -0.4 is 10.2 Å². The third kappa shape index (κ3) is 3.39. The van der Waals surface area contributed by atoms with Gasteiger partial charge in [0.05, 0.1) is 0 Å². The molecular formula is C20H17ClN4O. The monoisotopic (exact) mass is 364 g/mol. The van der Waals surface area contributed by atoms with Gasteiger partial charge in [0.2, 0.25) is 0 Å².